The fourth-order valence-electron chi connectivity index (χ4n) is 9.65. The maximum Gasteiger partial charge on any atom is 0.335 e. The number of carbonyl (C=O) groups excluding carboxylic acids is 3. The van der Waals surface area contributed by atoms with E-state index in [9.17, 15) is 34.5 Å². The number of esters is 3. The van der Waals surface area contributed by atoms with Crippen molar-refractivity contribution < 1.29 is 58.2 Å². The lowest BCUT2D eigenvalue weighted by Gasteiger charge is -2.40. The minimum absolute atomic E-state index is 0.0498. The van der Waals surface area contributed by atoms with E-state index in [-0.39, 0.29) is 25.9 Å². The molecule has 12 heteroatoms. The predicted octanol–water partition coefficient (Wildman–Crippen LogP) is 17.1. The molecule has 1 saturated heterocycles. The van der Waals surface area contributed by atoms with Crippen LogP contribution in [0.2, 0.25) is 0 Å². The number of carboxylic acids is 1. The molecule has 12 nitrogen and oxygen atoms in total. The molecular weight excluding hydrogens is 997 g/mol. The molecule has 1 rings (SSSR count). The third-order valence-corrected chi connectivity index (χ3v) is 14.6. The van der Waals surface area contributed by atoms with Crippen molar-refractivity contribution in [3.63, 3.8) is 0 Å². The van der Waals surface area contributed by atoms with Crippen LogP contribution in [0.5, 0.6) is 0 Å². The molecule has 0 aromatic heterocycles. The van der Waals surface area contributed by atoms with Gasteiger partial charge in [0.25, 0.3) is 0 Å². The van der Waals surface area contributed by atoms with Crippen molar-refractivity contribution in [2.75, 3.05) is 13.2 Å². The van der Waals surface area contributed by atoms with Gasteiger partial charge >= 0.3 is 23.9 Å². The van der Waals surface area contributed by atoms with Gasteiger partial charge in [0.15, 0.2) is 24.6 Å². The third-order valence-electron chi connectivity index (χ3n) is 14.6. The van der Waals surface area contributed by atoms with Crippen LogP contribution in [-0.2, 0) is 42.9 Å². The zero-order chi connectivity index (χ0) is 57.5. The van der Waals surface area contributed by atoms with Crippen LogP contribution in [0, 0.1) is 0 Å². The Morgan fingerprint density at radius 3 is 1.24 bits per heavy atom. The van der Waals surface area contributed by atoms with Gasteiger partial charge in [-0.2, -0.15) is 0 Å². The Bertz CT molecular complexity index is 1600. The van der Waals surface area contributed by atoms with Gasteiger partial charge in [-0.1, -0.05) is 248 Å². The summed E-state index contributed by atoms with van der Waals surface area (Å²) in [6.45, 7) is 5.88. The van der Waals surface area contributed by atoms with E-state index in [0.717, 1.165) is 116 Å². The van der Waals surface area contributed by atoms with Gasteiger partial charge in [0, 0.05) is 19.3 Å². The van der Waals surface area contributed by atoms with Gasteiger partial charge in [0.2, 0.25) is 0 Å². The summed E-state index contributed by atoms with van der Waals surface area (Å²) in [5.74, 6) is -3.11. The predicted molar refractivity (Wildman–Crippen MR) is 322 cm³/mol. The molecule has 0 aromatic carbocycles. The maximum atomic E-state index is 13.2. The zero-order valence-electron chi connectivity index (χ0n) is 50.4. The Morgan fingerprint density at radius 2 is 0.797 bits per heavy atom. The monoisotopic (exact) mass is 1110 g/mol. The number of allylic oxidation sites excluding steroid dienone is 10. The number of hydrogen-bond acceptors (Lipinski definition) is 11. The number of carbonyl (C=O) groups is 4. The van der Waals surface area contributed by atoms with Crippen molar-refractivity contribution in [3.8, 4) is 0 Å². The van der Waals surface area contributed by atoms with Crippen LogP contribution in [-0.4, -0.2) is 89.2 Å². The summed E-state index contributed by atoms with van der Waals surface area (Å²) < 4.78 is 28.5. The van der Waals surface area contributed by atoms with Crippen LogP contribution >= 0.6 is 0 Å². The summed E-state index contributed by atoms with van der Waals surface area (Å²) in [7, 11) is 0. The summed E-state index contributed by atoms with van der Waals surface area (Å²) in [5.41, 5.74) is 0. The Balaban J connectivity index is 2.64. The van der Waals surface area contributed by atoms with E-state index in [1.165, 1.54) is 116 Å². The molecule has 0 saturated carbocycles. The van der Waals surface area contributed by atoms with Crippen LogP contribution in [0.4, 0.5) is 0 Å². The molecule has 1 aliphatic heterocycles. The fourth-order valence-corrected chi connectivity index (χ4v) is 9.65. The molecule has 0 radical (unpaired) electrons. The Hall–Kier alpha value is -3.58. The molecular formula is C67H116O12. The molecule has 1 aliphatic rings. The molecule has 0 amide bonds. The van der Waals surface area contributed by atoms with Gasteiger partial charge in [-0.15, -0.1) is 0 Å². The van der Waals surface area contributed by atoms with E-state index in [4.69, 9.17) is 23.7 Å². The summed E-state index contributed by atoms with van der Waals surface area (Å²) in [6, 6.07) is 0. The second-order valence-electron chi connectivity index (χ2n) is 22.0. The number of unbranched alkanes of at least 4 members (excludes halogenated alkanes) is 31. The molecule has 1 fully saturated rings. The van der Waals surface area contributed by atoms with Crippen molar-refractivity contribution in [2.45, 2.75) is 327 Å². The number of ether oxygens (including phenoxy) is 5. The quantitative estimate of drug-likeness (QED) is 0.0228. The summed E-state index contributed by atoms with van der Waals surface area (Å²) >= 11 is 0. The average molecular weight is 1110 g/mol. The molecule has 79 heavy (non-hydrogen) atoms. The normalized spacial score (nSPS) is 18.2. The molecule has 0 spiro atoms. The van der Waals surface area contributed by atoms with Crippen LogP contribution in [0.1, 0.15) is 290 Å². The maximum absolute atomic E-state index is 13.2. The van der Waals surface area contributed by atoms with Gasteiger partial charge in [0.05, 0.1) is 6.61 Å². The topological polar surface area (TPSA) is 175 Å². The van der Waals surface area contributed by atoms with E-state index in [0.29, 0.717) is 19.3 Å². The lowest BCUT2D eigenvalue weighted by Crippen LogP contribution is -2.61. The summed E-state index contributed by atoms with van der Waals surface area (Å²) in [4.78, 5) is 51.3. The number of aliphatic hydroxyl groups excluding tert-OH is 2. The zero-order valence-corrected chi connectivity index (χ0v) is 50.4. The number of rotatable bonds is 55. The van der Waals surface area contributed by atoms with Crippen molar-refractivity contribution in [1.82, 2.24) is 0 Å². The SMILES string of the molecule is CC/C=C\C/C=C\C/C=C\CCCCCCCCCC(=O)OC1C(OCC(COC(=O)CCCCCCCCCCC/C=C\C/C=C\CCCCC)OC(=O)CCCCCCCCCCCCCCC)OC(C(=O)O)C(O)C1O. The molecule has 6 unspecified atom stereocenters. The van der Waals surface area contributed by atoms with Crippen LogP contribution < -0.4 is 0 Å². The smallest absolute Gasteiger partial charge is 0.335 e. The van der Waals surface area contributed by atoms with E-state index in [1.807, 2.05) is 0 Å². The summed E-state index contributed by atoms with van der Waals surface area (Å²) in [5, 5.41) is 31.6. The van der Waals surface area contributed by atoms with Gasteiger partial charge in [-0.05, 0) is 83.5 Å². The highest BCUT2D eigenvalue weighted by Gasteiger charge is 2.50. The first kappa shape index (κ1) is 73.4. The van der Waals surface area contributed by atoms with Crippen LogP contribution in [0.3, 0.4) is 0 Å². The number of aliphatic carboxylic acids is 1. The molecule has 456 valence electrons. The highest BCUT2D eigenvalue weighted by Crippen LogP contribution is 2.27. The molecule has 0 aliphatic carbocycles. The minimum Gasteiger partial charge on any atom is -0.479 e. The third kappa shape index (κ3) is 44.7. The van der Waals surface area contributed by atoms with E-state index < -0.39 is 67.3 Å². The van der Waals surface area contributed by atoms with Gasteiger partial charge in [-0.25, -0.2) is 4.79 Å². The van der Waals surface area contributed by atoms with Crippen molar-refractivity contribution in [1.29, 1.82) is 0 Å². The van der Waals surface area contributed by atoms with Gasteiger partial charge in [0.1, 0.15) is 18.8 Å². The lowest BCUT2D eigenvalue weighted by atomic mass is 9.98. The lowest BCUT2D eigenvalue weighted by molar-refractivity contribution is -0.301. The second-order valence-corrected chi connectivity index (χ2v) is 22.0. The van der Waals surface area contributed by atoms with Crippen molar-refractivity contribution in [3.05, 3.63) is 60.8 Å². The highest BCUT2D eigenvalue weighted by atomic mass is 16.7. The van der Waals surface area contributed by atoms with Crippen molar-refractivity contribution >= 4 is 23.9 Å². The first-order valence-corrected chi connectivity index (χ1v) is 32.3. The van der Waals surface area contributed by atoms with E-state index >= 15 is 0 Å². The van der Waals surface area contributed by atoms with Gasteiger partial charge < -0.3 is 39.0 Å². The molecule has 6 atom stereocenters. The Labute approximate surface area is 481 Å². The van der Waals surface area contributed by atoms with Gasteiger partial charge in [-0.3, -0.25) is 14.4 Å². The summed E-state index contributed by atoms with van der Waals surface area (Å²) in [6.07, 6.45) is 56.0. The fraction of sp³-hybridized carbons (Fsp3) is 0.791. The average Bonchev–Trinajstić information content (AvgIpc) is 3.46. The first-order chi connectivity index (χ1) is 38.6. The Kier molecular flexibility index (Phi) is 51.1. The Morgan fingerprint density at radius 1 is 0.430 bits per heavy atom. The molecule has 3 N–H and O–H groups in total. The number of hydrogen-bond donors (Lipinski definition) is 3. The first-order valence-electron chi connectivity index (χ1n) is 32.3. The van der Waals surface area contributed by atoms with Crippen LogP contribution in [0.25, 0.3) is 0 Å². The van der Waals surface area contributed by atoms with Crippen molar-refractivity contribution in [2.24, 2.45) is 0 Å². The largest absolute Gasteiger partial charge is 0.479 e. The standard InChI is InChI=1S/C67H116O12/c1-4-7-10-13-16-19-22-25-27-29-30-32-33-36-38-41-44-47-50-53-59(68)75-56-58(77-60(69)54-51-48-45-42-39-35-24-21-18-15-12-9-6-3)57-76-67-65(63(72)62(71)64(79-67)66(73)74)78-61(70)55-52-49-46-43-40-37-34-31-28-26-23-20-17-14-11-8-5-2/h8,11,16-17,19-20,25-28,58,62-65,67,71-72H,4-7,9-10,12-15,18,21-24,29-57H2,1-3H3,(H,73,74)/b11-8-,19-16-,20-17-,27-25-,28-26-. The van der Waals surface area contributed by atoms with E-state index in [2.05, 4.69) is 81.5 Å². The minimum atomic E-state index is -1.91. The molecule has 1 heterocycles. The molecule has 0 bridgehead atoms. The van der Waals surface area contributed by atoms with E-state index in [1.54, 1.807) is 0 Å². The number of carboxylic acid groups (broad SMARTS) is 1. The second kappa shape index (κ2) is 55.0. The van der Waals surface area contributed by atoms with Crippen LogP contribution in [0.15, 0.2) is 60.8 Å². The highest BCUT2D eigenvalue weighted by molar-refractivity contribution is 5.74. The number of aliphatic hydroxyl groups is 2. The molecule has 0 aromatic rings.